The zero-order valence-electron chi connectivity index (χ0n) is 16.2. The minimum atomic E-state index is -0.519. The molecule has 3 rings (SSSR count). The smallest absolute Gasteiger partial charge is 0.258 e. The van der Waals surface area contributed by atoms with Gasteiger partial charge in [-0.2, -0.15) is 5.26 Å². The fourth-order valence-electron chi connectivity index (χ4n) is 3.57. The molecule has 2 heterocycles. The van der Waals surface area contributed by atoms with Gasteiger partial charge in [0, 0.05) is 18.8 Å². The highest BCUT2D eigenvalue weighted by Gasteiger charge is 2.34. The standard InChI is InChI=1S/C22H25N3O2/c1-5-6-16-11-18-20(22(26)25(16)4)19(17(12-23)21(24)27-18)15-9-7-14(8-10-15)13(2)3/h7-11,13,19H,5-6,24H2,1-4H3. The van der Waals surface area contributed by atoms with Crippen molar-refractivity contribution in [1.82, 2.24) is 4.57 Å². The molecule has 1 unspecified atom stereocenters. The Morgan fingerprint density at radius 2 is 1.96 bits per heavy atom. The number of allylic oxidation sites excluding steroid dienone is 1. The summed E-state index contributed by atoms with van der Waals surface area (Å²) >= 11 is 0. The number of hydrogen-bond donors (Lipinski definition) is 1. The van der Waals surface area contributed by atoms with E-state index in [0.717, 1.165) is 24.1 Å². The lowest BCUT2D eigenvalue weighted by molar-refractivity contribution is 0.389. The normalized spacial score (nSPS) is 16.1. The Kier molecular flexibility index (Phi) is 5.09. The van der Waals surface area contributed by atoms with Gasteiger partial charge in [-0.25, -0.2) is 0 Å². The fraction of sp³-hybridized carbons (Fsp3) is 0.364. The Labute approximate surface area is 159 Å². The summed E-state index contributed by atoms with van der Waals surface area (Å²) in [6.45, 7) is 6.32. The van der Waals surface area contributed by atoms with Gasteiger partial charge in [0.15, 0.2) is 0 Å². The molecule has 0 aliphatic carbocycles. The molecule has 1 atom stereocenters. The Balaban J connectivity index is 2.23. The number of nitrogens with zero attached hydrogens (tertiary/aromatic N) is 2. The van der Waals surface area contributed by atoms with Crippen LogP contribution in [-0.4, -0.2) is 4.57 Å². The maximum Gasteiger partial charge on any atom is 0.258 e. The summed E-state index contributed by atoms with van der Waals surface area (Å²) in [5.41, 5.74) is 9.61. The van der Waals surface area contributed by atoms with Gasteiger partial charge in [0.2, 0.25) is 5.88 Å². The van der Waals surface area contributed by atoms with Crippen LogP contribution in [0.4, 0.5) is 0 Å². The van der Waals surface area contributed by atoms with Gasteiger partial charge in [-0.15, -0.1) is 0 Å². The Bertz CT molecular complexity index is 992. The van der Waals surface area contributed by atoms with Crippen molar-refractivity contribution in [3.8, 4) is 11.8 Å². The first-order valence-electron chi connectivity index (χ1n) is 9.29. The van der Waals surface area contributed by atoms with Crippen LogP contribution >= 0.6 is 0 Å². The zero-order valence-corrected chi connectivity index (χ0v) is 16.2. The molecule has 0 spiro atoms. The van der Waals surface area contributed by atoms with Crippen LogP contribution in [0.5, 0.6) is 5.75 Å². The Morgan fingerprint density at radius 1 is 1.30 bits per heavy atom. The molecule has 0 saturated heterocycles. The van der Waals surface area contributed by atoms with Crippen LogP contribution in [-0.2, 0) is 13.5 Å². The van der Waals surface area contributed by atoms with Crippen LogP contribution < -0.4 is 16.0 Å². The monoisotopic (exact) mass is 363 g/mol. The van der Waals surface area contributed by atoms with Crippen LogP contribution in [0.25, 0.3) is 0 Å². The molecule has 27 heavy (non-hydrogen) atoms. The van der Waals surface area contributed by atoms with E-state index in [4.69, 9.17) is 10.5 Å². The molecule has 1 aromatic carbocycles. The summed E-state index contributed by atoms with van der Waals surface area (Å²) in [6.07, 6.45) is 1.69. The second-order valence-electron chi connectivity index (χ2n) is 7.27. The maximum absolute atomic E-state index is 13.1. The van der Waals surface area contributed by atoms with E-state index < -0.39 is 5.92 Å². The summed E-state index contributed by atoms with van der Waals surface area (Å²) in [5, 5.41) is 9.68. The predicted octanol–water partition coefficient (Wildman–Crippen LogP) is 3.68. The van der Waals surface area contributed by atoms with Crippen molar-refractivity contribution in [3.63, 3.8) is 0 Å². The van der Waals surface area contributed by atoms with Gasteiger partial charge < -0.3 is 15.0 Å². The van der Waals surface area contributed by atoms with Crippen molar-refractivity contribution in [2.45, 2.75) is 45.4 Å². The lowest BCUT2D eigenvalue weighted by Crippen LogP contribution is -2.32. The highest BCUT2D eigenvalue weighted by molar-refractivity contribution is 5.55. The van der Waals surface area contributed by atoms with Crippen molar-refractivity contribution in [3.05, 3.63) is 74.5 Å². The van der Waals surface area contributed by atoms with E-state index in [9.17, 15) is 10.1 Å². The molecular weight excluding hydrogens is 338 g/mol. The quantitative estimate of drug-likeness (QED) is 0.898. The zero-order chi connectivity index (χ0) is 19.7. The summed E-state index contributed by atoms with van der Waals surface area (Å²) in [5.74, 6) is 0.408. The first-order chi connectivity index (χ1) is 12.9. The number of benzene rings is 1. The second kappa shape index (κ2) is 7.32. The minimum Gasteiger partial charge on any atom is -0.440 e. The first-order valence-corrected chi connectivity index (χ1v) is 9.29. The lowest BCUT2D eigenvalue weighted by Gasteiger charge is -2.27. The number of hydrogen-bond acceptors (Lipinski definition) is 4. The molecule has 1 aliphatic heterocycles. The predicted molar refractivity (Wildman–Crippen MR) is 106 cm³/mol. The number of fused-ring (bicyclic) bond motifs is 1. The first kappa shape index (κ1) is 18.8. The molecular formula is C22H25N3O2. The highest BCUT2D eigenvalue weighted by Crippen LogP contribution is 2.40. The van der Waals surface area contributed by atoms with Gasteiger partial charge >= 0.3 is 0 Å². The Morgan fingerprint density at radius 3 is 2.52 bits per heavy atom. The van der Waals surface area contributed by atoms with Crippen LogP contribution in [0.1, 0.15) is 61.4 Å². The van der Waals surface area contributed by atoms with Crippen LogP contribution in [0, 0.1) is 11.3 Å². The fourth-order valence-corrected chi connectivity index (χ4v) is 3.57. The largest absolute Gasteiger partial charge is 0.440 e. The second-order valence-corrected chi connectivity index (χ2v) is 7.27. The van der Waals surface area contributed by atoms with E-state index in [1.165, 1.54) is 5.56 Å². The molecule has 0 fully saturated rings. The summed E-state index contributed by atoms with van der Waals surface area (Å²) < 4.78 is 7.34. The maximum atomic E-state index is 13.1. The average Bonchev–Trinajstić information content (AvgIpc) is 2.65. The van der Waals surface area contributed by atoms with Crippen LogP contribution in [0.15, 0.2) is 46.6 Å². The minimum absolute atomic E-state index is 0.0682. The van der Waals surface area contributed by atoms with Gasteiger partial charge in [-0.05, 0) is 23.5 Å². The number of nitriles is 1. The van der Waals surface area contributed by atoms with Crippen molar-refractivity contribution in [2.24, 2.45) is 12.8 Å². The average molecular weight is 363 g/mol. The molecule has 0 saturated carbocycles. The van der Waals surface area contributed by atoms with Gasteiger partial charge in [0.1, 0.15) is 17.4 Å². The molecule has 2 aromatic rings. The number of nitrogens with two attached hydrogens (primary N) is 1. The molecule has 2 N–H and O–H groups in total. The number of rotatable bonds is 4. The molecule has 0 amide bonds. The third kappa shape index (κ3) is 3.23. The van der Waals surface area contributed by atoms with Gasteiger partial charge in [0.05, 0.1) is 11.5 Å². The molecule has 0 bridgehead atoms. The van der Waals surface area contributed by atoms with E-state index in [-0.39, 0.29) is 17.0 Å². The lowest BCUT2D eigenvalue weighted by atomic mass is 9.83. The number of ether oxygens (including phenoxy) is 1. The molecule has 5 heteroatoms. The SMILES string of the molecule is CCCc1cc2c(c(=O)n1C)C(c1ccc(C(C)C)cc1)C(C#N)=C(N)O2. The summed E-state index contributed by atoms with van der Waals surface area (Å²) in [4.78, 5) is 13.1. The van der Waals surface area contributed by atoms with Crippen molar-refractivity contribution in [1.29, 1.82) is 5.26 Å². The molecule has 0 radical (unpaired) electrons. The molecule has 140 valence electrons. The molecule has 1 aliphatic rings. The molecule has 1 aromatic heterocycles. The van der Waals surface area contributed by atoms with E-state index in [1.54, 1.807) is 11.6 Å². The third-order valence-corrected chi connectivity index (χ3v) is 5.15. The van der Waals surface area contributed by atoms with Crippen LogP contribution in [0.3, 0.4) is 0 Å². The van der Waals surface area contributed by atoms with Gasteiger partial charge in [0.25, 0.3) is 5.56 Å². The number of aryl methyl sites for hydroxylation is 1. The number of aromatic nitrogens is 1. The number of pyridine rings is 1. The van der Waals surface area contributed by atoms with E-state index in [1.807, 2.05) is 30.3 Å². The van der Waals surface area contributed by atoms with Gasteiger partial charge in [-0.1, -0.05) is 51.5 Å². The van der Waals surface area contributed by atoms with Crippen molar-refractivity contribution in [2.75, 3.05) is 0 Å². The van der Waals surface area contributed by atoms with Crippen LogP contribution in [0.2, 0.25) is 0 Å². The van der Waals surface area contributed by atoms with Crippen molar-refractivity contribution >= 4 is 0 Å². The summed E-state index contributed by atoms with van der Waals surface area (Å²) in [7, 11) is 1.76. The van der Waals surface area contributed by atoms with Crippen molar-refractivity contribution < 1.29 is 4.74 Å². The van der Waals surface area contributed by atoms with E-state index in [2.05, 4.69) is 26.8 Å². The summed E-state index contributed by atoms with van der Waals surface area (Å²) in [6, 6.07) is 12.0. The Hall–Kier alpha value is -3.00. The van der Waals surface area contributed by atoms with Gasteiger partial charge in [-0.3, -0.25) is 4.79 Å². The molecule has 5 nitrogen and oxygen atoms in total. The van der Waals surface area contributed by atoms with E-state index >= 15 is 0 Å². The highest BCUT2D eigenvalue weighted by atomic mass is 16.5. The van der Waals surface area contributed by atoms with E-state index in [0.29, 0.717) is 17.2 Å². The third-order valence-electron chi connectivity index (χ3n) is 5.15. The topological polar surface area (TPSA) is 81.0 Å².